The number of aryl methyl sites for hydroxylation is 1. The van der Waals surface area contributed by atoms with E-state index in [1.54, 1.807) is 36.4 Å². The fourth-order valence-electron chi connectivity index (χ4n) is 3.30. The number of sulfonamides is 1. The molecule has 0 radical (unpaired) electrons. The summed E-state index contributed by atoms with van der Waals surface area (Å²) in [6.45, 7) is 4.26. The van der Waals surface area contributed by atoms with Crippen LogP contribution in [0.15, 0.2) is 53.4 Å². The second-order valence-corrected chi connectivity index (χ2v) is 8.92. The van der Waals surface area contributed by atoms with E-state index in [-0.39, 0.29) is 5.82 Å². The van der Waals surface area contributed by atoms with E-state index < -0.39 is 10.0 Å². The molecule has 0 spiro atoms. The zero-order valence-electron chi connectivity index (χ0n) is 15.9. The lowest BCUT2D eigenvalue weighted by Gasteiger charge is -2.33. The van der Waals surface area contributed by atoms with Crippen LogP contribution in [0, 0.1) is 12.7 Å². The monoisotopic (exact) mass is 416 g/mol. The Morgan fingerprint density at radius 3 is 2.45 bits per heavy atom. The molecule has 0 unspecified atom stereocenters. The Morgan fingerprint density at radius 2 is 1.76 bits per heavy atom. The van der Waals surface area contributed by atoms with Gasteiger partial charge in [-0.25, -0.2) is 12.8 Å². The van der Waals surface area contributed by atoms with Crippen LogP contribution in [0.25, 0.3) is 5.69 Å². The van der Waals surface area contributed by atoms with E-state index in [9.17, 15) is 12.8 Å². The molecule has 1 aromatic heterocycles. The van der Waals surface area contributed by atoms with Crippen LogP contribution in [-0.4, -0.2) is 64.0 Å². The lowest BCUT2D eigenvalue weighted by molar-refractivity contribution is 0.177. The molecule has 1 fully saturated rings. The maximum absolute atomic E-state index is 13.5. The molecule has 8 nitrogen and oxygen atoms in total. The molecule has 0 atom stereocenters. The minimum atomic E-state index is -3.50. The molecule has 0 N–H and O–H groups in total. The molecule has 1 aliphatic heterocycles. The van der Waals surface area contributed by atoms with Gasteiger partial charge < -0.3 is 0 Å². The van der Waals surface area contributed by atoms with Crippen molar-refractivity contribution in [2.45, 2.75) is 18.4 Å². The maximum Gasteiger partial charge on any atom is 0.243 e. The van der Waals surface area contributed by atoms with Gasteiger partial charge in [0, 0.05) is 26.2 Å². The standard InChI is InChI=1S/C19H21FN6O2S/c1-15-5-7-18(8-6-15)29(27,28)25-11-9-24(10-12-25)14-19-21-22-23-26(19)17-4-2-3-16(20)13-17/h2-8,13H,9-12,14H2,1H3. The zero-order chi connectivity index (χ0) is 20.4. The summed E-state index contributed by atoms with van der Waals surface area (Å²) in [5, 5.41) is 11.7. The normalized spacial score (nSPS) is 16.2. The molecule has 2 heterocycles. The van der Waals surface area contributed by atoms with E-state index in [2.05, 4.69) is 20.4 Å². The van der Waals surface area contributed by atoms with Gasteiger partial charge in [-0.1, -0.05) is 23.8 Å². The van der Waals surface area contributed by atoms with E-state index in [4.69, 9.17) is 0 Å². The molecule has 0 aliphatic carbocycles. The molecule has 2 aromatic carbocycles. The first kappa shape index (κ1) is 19.6. The molecule has 1 saturated heterocycles. The summed E-state index contributed by atoms with van der Waals surface area (Å²) in [6, 6.07) is 13.0. The first-order chi connectivity index (χ1) is 13.9. The molecule has 10 heteroatoms. The third-order valence-corrected chi connectivity index (χ3v) is 6.85. The second kappa shape index (κ2) is 7.97. The van der Waals surface area contributed by atoms with Gasteiger partial charge in [0.25, 0.3) is 0 Å². The van der Waals surface area contributed by atoms with Crippen molar-refractivity contribution in [3.05, 3.63) is 65.7 Å². The summed E-state index contributed by atoms with van der Waals surface area (Å²) in [5.41, 5.74) is 1.57. The molecule has 0 saturated carbocycles. The molecular formula is C19H21FN6O2S. The Balaban J connectivity index is 1.42. The number of hydrogen-bond acceptors (Lipinski definition) is 6. The summed E-state index contributed by atoms with van der Waals surface area (Å²) >= 11 is 0. The Labute approximate surface area is 168 Å². The van der Waals surface area contributed by atoms with Crippen LogP contribution >= 0.6 is 0 Å². The van der Waals surface area contributed by atoms with Gasteiger partial charge in [-0.2, -0.15) is 8.99 Å². The Bertz CT molecular complexity index is 1090. The van der Waals surface area contributed by atoms with Crippen LogP contribution in [0.2, 0.25) is 0 Å². The average molecular weight is 416 g/mol. The minimum absolute atomic E-state index is 0.312. The predicted octanol–water partition coefficient (Wildman–Crippen LogP) is 1.62. The van der Waals surface area contributed by atoms with Gasteiger partial charge in [0.05, 0.1) is 17.1 Å². The number of halogens is 1. The summed E-state index contributed by atoms with van der Waals surface area (Å²) in [6.07, 6.45) is 0. The first-order valence-electron chi connectivity index (χ1n) is 9.26. The van der Waals surface area contributed by atoms with E-state index in [0.717, 1.165) is 5.56 Å². The molecule has 0 amide bonds. The fraction of sp³-hybridized carbons (Fsp3) is 0.316. The topological polar surface area (TPSA) is 84.2 Å². The summed E-state index contributed by atoms with van der Waals surface area (Å²) in [7, 11) is -3.50. The lowest BCUT2D eigenvalue weighted by atomic mass is 10.2. The van der Waals surface area contributed by atoms with Crippen molar-refractivity contribution in [3.8, 4) is 5.69 Å². The number of nitrogens with zero attached hydrogens (tertiary/aromatic N) is 6. The van der Waals surface area contributed by atoms with Gasteiger partial charge in [0.2, 0.25) is 10.0 Å². The van der Waals surface area contributed by atoms with E-state index in [0.29, 0.717) is 49.1 Å². The highest BCUT2D eigenvalue weighted by Gasteiger charge is 2.29. The molecule has 3 aromatic rings. The number of benzene rings is 2. The van der Waals surface area contributed by atoms with Crippen LogP contribution in [0.5, 0.6) is 0 Å². The minimum Gasteiger partial charge on any atom is -0.293 e. The highest BCUT2D eigenvalue weighted by Crippen LogP contribution is 2.19. The van der Waals surface area contributed by atoms with Gasteiger partial charge >= 0.3 is 0 Å². The SMILES string of the molecule is Cc1ccc(S(=O)(=O)N2CCN(Cc3nnnn3-c3cccc(F)c3)CC2)cc1. The second-order valence-electron chi connectivity index (χ2n) is 6.98. The molecular weight excluding hydrogens is 395 g/mol. The third kappa shape index (κ3) is 4.19. The van der Waals surface area contributed by atoms with Gasteiger partial charge in [-0.3, -0.25) is 4.90 Å². The van der Waals surface area contributed by atoms with Crippen molar-refractivity contribution in [1.82, 2.24) is 29.4 Å². The van der Waals surface area contributed by atoms with Crippen molar-refractivity contribution >= 4 is 10.0 Å². The average Bonchev–Trinajstić information content (AvgIpc) is 3.17. The molecule has 29 heavy (non-hydrogen) atoms. The maximum atomic E-state index is 13.5. The van der Waals surface area contributed by atoms with Crippen molar-refractivity contribution in [3.63, 3.8) is 0 Å². The van der Waals surface area contributed by atoms with Crippen LogP contribution in [0.1, 0.15) is 11.4 Å². The Hall–Kier alpha value is -2.69. The molecule has 152 valence electrons. The van der Waals surface area contributed by atoms with Crippen molar-refractivity contribution in [2.24, 2.45) is 0 Å². The summed E-state index contributed by atoms with van der Waals surface area (Å²) in [4.78, 5) is 2.40. The Kier molecular flexibility index (Phi) is 5.39. The van der Waals surface area contributed by atoms with Crippen molar-refractivity contribution in [1.29, 1.82) is 0 Å². The summed E-state index contributed by atoms with van der Waals surface area (Å²) < 4.78 is 42.2. The van der Waals surface area contributed by atoms with Crippen LogP contribution in [-0.2, 0) is 16.6 Å². The van der Waals surface area contributed by atoms with Gasteiger partial charge in [-0.05, 0) is 47.7 Å². The number of piperazine rings is 1. The van der Waals surface area contributed by atoms with Crippen LogP contribution in [0.3, 0.4) is 0 Å². The van der Waals surface area contributed by atoms with E-state index >= 15 is 0 Å². The van der Waals surface area contributed by atoms with Crippen LogP contribution in [0.4, 0.5) is 4.39 Å². The molecule has 0 bridgehead atoms. The van der Waals surface area contributed by atoms with Gasteiger partial charge in [0.15, 0.2) is 5.82 Å². The lowest BCUT2D eigenvalue weighted by Crippen LogP contribution is -2.48. The Morgan fingerprint density at radius 1 is 1.03 bits per heavy atom. The zero-order valence-corrected chi connectivity index (χ0v) is 16.8. The number of rotatable bonds is 5. The number of hydrogen-bond donors (Lipinski definition) is 0. The van der Waals surface area contributed by atoms with Crippen LogP contribution < -0.4 is 0 Å². The third-order valence-electron chi connectivity index (χ3n) is 4.94. The van der Waals surface area contributed by atoms with E-state index in [1.807, 2.05) is 6.92 Å². The number of aromatic nitrogens is 4. The van der Waals surface area contributed by atoms with Crippen molar-refractivity contribution < 1.29 is 12.8 Å². The van der Waals surface area contributed by atoms with E-state index in [1.165, 1.54) is 21.1 Å². The fourth-order valence-corrected chi connectivity index (χ4v) is 4.72. The number of tetrazole rings is 1. The van der Waals surface area contributed by atoms with Gasteiger partial charge in [-0.15, -0.1) is 5.10 Å². The van der Waals surface area contributed by atoms with Gasteiger partial charge in [0.1, 0.15) is 5.82 Å². The summed E-state index contributed by atoms with van der Waals surface area (Å²) in [5.74, 6) is 0.212. The highest BCUT2D eigenvalue weighted by atomic mass is 32.2. The molecule has 1 aliphatic rings. The highest BCUT2D eigenvalue weighted by molar-refractivity contribution is 7.89. The largest absolute Gasteiger partial charge is 0.293 e. The predicted molar refractivity (Wildman–Crippen MR) is 104 cm³/mol. The molecule has 4 rings (SSSR count). The quantitative estimate of drug-likeness (QED) is 0.628. The van der Waals surface area contributed by atoms with Crippen molar-refractivity contribution in [2.75, 3.05) is 26.2 Å². The first-order valence-corrected chi connectivity index (χ1v) is 10.7. The smallest absolute Gasteiger partial charge is 0.243 e.